The molecular weight excluding hydrogens is 505 g/mol. The van der Waals surface area contributed by atoms with E-state index in [2.05, 4.69) is 31.9 Å². The van der Waals surface area contributed by atoms with Gasteiger partial charge >= 0.3 is 5.97 Å². The smallest absolute Gasteiger partial charge is 0.303 e. The first-order chi connectivity index (χ1) is 19.2. The molecule has 5 rings (SSSR count). The second-order valence-corrected chi connectivity index (χ2v) is 12.1. The van der Waals surface area contributed by atoms with Crippen LogP contribution in [0.2, 0.25) is 0 Å². The highest BCUT2D eigenvalue weighted by molar-refractivity contribution is 5.71. The fraction of sp³-hybridized carbons (Fsp3) is 0.441. The summed E-state index contributed by atoms with van der Waals surface area (Å²) < 4.78 is 26.9. The van der Waals surface area contributed by atoms with Gasteiger partial charge in [0.1, 0.15) is 23.9 Å². The highest BCUT2D eigenvalue weighted by atomic mass is 19.1. The first kappa shape index (κ1) is 28.2. The lowest BCUT2D eigenvalue weighted by Gasteiger charge is -2.46. The molecule has 1 aliphatic carbocycles. The molecule has 1 N–H and O–H groups in total. The highest BCUT2D eigenvalue weighted by Gasteiger charge is 2.38. The zero-order chi connectivity index (χ0) is 28.4. The Balaban J connectivity index is 1.47. The molecule has 212 valence electrons. The zero-order valence-electron chi connectivity index (χ0n) is 24.0. The molecule has 0 radical (unpaired) electrons. The van der Waals surface area contributed by atoms with Crippen molar-refractivity contribution in [3.05, 3.63) is 83.2 Å². The predicted octanol–water partition coefficient (Wildman–Crippen LogP) is 7.84. The van der Waals surface area contributed by atoms with Gasteiger partial charge in [-0.05, 0) is 109 Å². The Morgan fingerprint density at radius 3 is 2.58 bits per heavy atom. The maximum Gasteiger partial charge on any atom is 0.303 e. The number of hydrogen-bond acceptors (Lipinski definition) is 4. The van der Waals surface area contributed by atoms with Gasteiger partial charge in [-0.1, -0.05) is 44.2 Å². The normalized spacial score (nSPS) is 19.7. The summed E-state index contributed by atoms with van der Waals surface area (Å²) in [5, 5.41) is 9.42. The number of carboxylic acid groups (broad SMARTS) is 1. The number of aliphatic carboxylic acids is 1. The molecule has 0 bridgehead atoms. The Morgan fingerprint density at radius 1 is 1.07 bits per heavy atom. The highest BCUT2D eigenvalue weighted by Crippen LogP contribution is 2.48. The summed E-state index contributed by atoms with van der Waals surface area (Å²) >= 11 is 0. The van der Waals surface area contributed by atoms with Gasteiger partial charge in [-0.15, -0.1) is 0 Å². The number of carboxylic acids is 1. The number of halogens is 1. The molecule has 0 amide bonds. The molecule has 3 aromatic rings. The van der Waals surface area contributed by atoms with Crippen molar-refractivity contribution in [2.24, 2.45) is 11.3 Å². The largest absolute Gasteiger partial charge is 0.497 e. The lowest BCUT2D eigenvalue weighted by molar-refractivity contribution is -0.137. The first-order valence-electron chi connectivity index (χ1n) is 14.3. The molecule has 5 nitrogen and oxygen atoms in total. The van der Waals surface area contributed by atoms with Crippen LogP contribution in [-0.2, 0) is 11.4 Å². The van der Waals surface area contributed by atoms with Gasteiger partial charge in [-0.25, -0.2) is 4.39 Å². The van der Waals surface area contributed by atoms with Gasteiger partial charge in [0.25, 0.3) is 0 Å². The van der Waals surface area contributed by atoms with Crippen LogP contribution < -0.4 is 9.47 Å². The van der Waals surface area contributed by atoms with Crippen LogP contribution in [0, 0.1) is 17.2 Å². The average molecular weight is 546 g/mol. The fourth-order valence-electron chi connectivity index (χ4n) is 6.56. The molecule has 2 atom stereocenters. The molecule has 2 aliphatic rings. The minimum absolute atomic E-state index is 0.00681. The summed E-state index contributed by atoms with van der Waals surface area (Å²) in [6.45, 7) is 5.93. The van der Waals surface area contributed by atoms with E-state index >= 15 is 4.39 Å². The van der Waals surface area contributed by atoms with Crippen LogP contribution in [0.15, 0.2) is 60.7 Å². The van der Waals surface area contributed by atoms with Crippen LogP contribution >= 0.6 is 0 Å². The van der Waals surface area contributed by atoms with Gasteiger partial charge in [0.2, 0.25) is 0 Å². The summed E-state index contributed by atoms with van der Waals surface area (Å²) in [5.74, 6) is 0.777. The number of rotatable bonds is 10. The quantitative estimate of drug-likeness (QED) is 0.281. The standard InChI is InChI=1S/C34H40FNO4/c1-34(2)15-6-16-36(3)33(34)30-17-22(9-13-27(30)29-19-25(39-4)12-14-31(29)35)21-40-26-8-5-7-24(18-26)28(20-32(37)38)23-10-11-23/h5,7-9,12-14,17-19,23,28,33H,6,10-11,15-16,20-21H2,1-4H3,(H,37,38)/t28-,33?/m0/s1. The molecule has 1 saturated carbocycles. The summed E-state index contributed by atoms with van der Waals surface area (Å²) in [6, 6.07) is 19.1. The fourth-order valence-corrected chi connectivity index (χ4v) is 6.56. The van der Waals surface area contributed by atoms with Gasteiger partial charge < -0.3 is 14.6 Å². The number of piperidine rings is 1. The zero-order valence-corrected chi connectivity index (χ0v) is 24.0. The maximum atomic E-state index is 15.2. The molecule has 6 heteroatoms. The molecule has 0 spiro atoms. The molecule has 1 saturated heterocycles. The van der Waals surface area contributed by atoms with Crippen molar-refractivity contribution in [3.63, 3.8) is 0 Å². The van der Waals surface area contributed by atoms with E-state index in [-0.39, 0.29) is 29.6 Å². The van der Waals surface area contributed by atoms with Crippen molar-refractivity contribution in [3.8, 4) is 22.6 Å². The Bertz CT molecular complexity index is 1370. The van der Waals surface area contributed by atoms with Gasteiger partial charge in [0.05, 0.1) is 13.5 Å². The maximum absolute atomic E-state index is 15.2. The number of likely N-dealkylation sites (tertiary alicyclic amines) is 1. The monoisotopic (exact) mass is 545 g/mol. The van der Waals surface area contributed by atoms with E-state index in [1.54, 1.807) is 19.2 Å². The van der Waals surface area contributed by atoms with E-state index < -0.39 is 5.97 Å². The SMILES string of the molecule is COc1ccc(F)c(-c2ccc(COc3cccc([C@@H](CC(=O)O)C4CC4)c3)cc2C2N(C)CCCC2(C)C)c1. The lowest BCUT2D eigenvalue weighted by Crippen LogP contribution is -2.41. The van der Waals surface area contributed by atoms with Crippen molar-refractivity contribution < 1.29 is 23.8 Å². The molecule has 40 heavy (non-hydrogen) atoms. The minimum atomic E-state index is -0.765. The Kier molecular flexibility index (Phi) is 8.18. The van der Waals surface area contributed by atoms with Crippen LogP contribution in [-0.4, -0.2) is 36.7 Å². The third-order valence-corrected chi connectivity index (χ3v) is 8.66. The van der Waals surface area contributed by atoms with E-state index in [1.807, 2.05) is 36.4 Å². The molecular formula is C34H40FNO4. The van der Waals surface area contributed by atoms with Crippen LogP contribution in [0.4, 0.5) is 4.39 Å². The van der Waals surface area contributed by atoms with Crippen LogP contribution in [0.25, 0.3) is 11.1 Å². The average Bonchev–Trinajstić information content (AvgIpc) is 3.76. The number of carbonyl (C=O) groups is 1. The first-order valence-corrected chi connectivity index (χ1v) is 14.3. The summed E-state index contributed by atoms with van der Waals surface area (Å²) in [4.78, 5) is 13.8. The topological polar surface area (TPSA) is 59.0 Å². The van der Waals surface area contributed by atoms with Crippen LogP contribution in [0.5, 0.6) is 11.5 Å². The van der Waals surface area contributed by atoms with Crippen molar-refractivity contribution >= 4 is 5.97 Å². The van der Waals surface area contributed by atoms with Crippen molar-refractivity contribution in [2.45, 2.75) is 64.5 Å². The number of ether oxygens (including phenoxy) is 2. The number of methoxy groups -OCH3 is 1. The third kappa shape index (κ3) is 6.17. The lowest BCUT2D eigenvalue weighted by atomic mass is 9.72. The van der Waals surface area contributed by atoms with Gasteiger partial charge in [0, 0.05) is 11.6 Å². The number of nitrogens with zero attached hydrogens (tertiary/aromatic N) is 1. The molecule has 3 aromatic carbocycles. The van der Waals surface area contributed by atoms with Crippen LogP contribution in [0.1, 0.15) is 74.6 Å². The third-order valence-electron chi connectivity index (χ3n) is 8.66. The van der Waals surface area contributed by atoms with E-state index in [0.717, 1.165) is 60.2 Å². The summed E-state index contributed by atoms with van der Waals surface area (Å²) in [7, 11) is 3.75. The van der Waals surface area contributed by atoms with Crippen molar-refractivity contribution in [2.75, 3.05) is 20.7 Å². The summed E-state index contributed by atoms with van der Waals surface area (Å²) in [6.07, 6.45) is 4.53. The summed E-state index contributed by atoms with van der Waals surface area (Å²) in [5.41, 5.74) is 4.53. The van der Waals surface area contributed by atoms with Crippen LogP contribution in [0.3, 0.4) is 0 Å². The molecule has 0 aromatic heterocycles. The van der Waals surface area contributed by atoms with E-state index in [4.69, 9.17) is 9.47 Å². The number of benzene rings is 3. The molecule has 1 heterocycles. The van der Waals surface area contributed by atoms with Crippen molar-refractivity contribution in [1.82, 2.24) is 4.90 Å². The Hall–Kier alpha value is -3.38. The van der Waals surface area contributed by atoms with Gasteiger partial charge in [-0.2, -0.15) is 0 Å². The second kappa shape index (κ2) is 11.6. The molecule has 1 unspecified atom stereocenters. The van der Waals surface area contributed by atoms with Gasteiger partial charge in [-0.3, -0.25) is 9.69 Å². The Labute approximate surface area is 236 Å². The Morgan fingerprint density at radius 2 is 1.88 bits per heavy atom. The number of hydrogen-bond donors (Lipinski definition) is 1. The molecule has 2 fully saturated rings. The second-order valence-electron chi connectivity index (χ2n) is 12.1. The van der Waals surface area contributed by atoms with E-state index in [1.165, 1.54) is 6.07 Å². The van der Waals surface area contributed by atoms with E-state index in [9.17, 15) is 9.90 Å². The predicted molar refractivity (Wildman–Crippen MR) is 155 cm³/mol. The minimum Gasteiger partial charge on any atom is -0.497 e. The van der Waals surface area contributed by atoms with Crippen molar-refractivity contribution in [1.29, 1.82) is 0 Å². The van der Waals surface area contributed by atoms with E-state index in [0.29, 0.717) is 23.8 Å². The molecule has 1 aliphatic heterocycles. The van der Waals surface area contributed by atoms with Gasteiger partial charge in [0.15, 0.2) is 0 Å².